The van der Waals surface area contributed by atoms with Crippen molar-refractivity contribution in [2.75, 3.05) is 0 Å². The molecule has 3 heteroatoms. The average molecular weight is 301 g/mol. The molecule has 2 aromatic rings. The summed E-state index contributed by atoms with van der Waals surface area (Å²) >= 11 is 2.00. The molecule has 2 rings (SSSR count). The van der Waals surface area contributed by atoms with Gasteiger partial charge in [-0.25, -0.2) is 4.39 Å². The quantitative estimate of drug-likeness (QED) is 0.644. The van der Waals surface area contributed by atoms with Gasteiger partial charge in [0.05, 0.1) is 0 Å². The maximum atomic E-state index is 13.8. The SMILES string of the molecule is C=CCc1c[nH]c2ccc(I)c(F)c12. The molecule has 0 bridgehead atoms. The molecule has 0 fully saturated rings. The number of hydrogen-bond acceptors (Lipinski definition) is 0. The number of fused-ring (bicyclic) bond motifs is 1. The molecule has 0 unspecified atom stereocenters. The van der Waals surface area contributed by atoms with Crippen LogP contribution in [0.1, 0.15) is 5.56 Å². The Labute approximate surface area is 95.2 Å². The minimum Gasteiger partial charge on any atom is -0.361 e. The highest BCUT2D eigenvalue weighted by Gasteiger charge is 2.10. The lowest BCUT2D eigenvalue weighted by Gasteiger charge is -1.98. The Morgan fingerprint density at radius 1 is 1.50 bits per heavy atom. The first-order valence-corrected chi connectivity index (χ1v) is 5.36. The van der Waals surface area contributed by atoms with E-state index in [1.807, 2.05) is 34.9 Å². The van der Waals surface area contributed by atoms with Crippen LogP contribution in [-0.4, -0.2) is 4.98 Å². The van der Waals surface area contributed by atoms with E-state index in [9.17, 15) is 4.39 Å². The Balaban J connectivity index is 2.75. The number of allylic oxidation sites excluding steroid dienone is 1. The van der Waals surface area contributed by atoms with Crippen LogP contribution in [0.2, 0.25) is 0 Å². The molecule has 1 aromatic carbocycles. The standard InChI is InChI=1S/C11H9FIN/c1-2-3-7-6-14-9-5-4-8(13)11(12)10(7)9/h2,4-6,14H,1,3H2. The number of nitrogens with one attached hydrogen (secondary N) is 1. The molecule has 0 spiro atoms. The number of benzene rings is 1. The van der Waals surface area contributed by atoms with Gasteiger partial charge in [0.2, 0.25) is 0 Å². The number of aromatic nitrogens is 1. The van der Waals surface area contributed by atoms with Gasteiger partial charge in [-0.15, -0.1) is 6.58 Å². The number of aromatic amines is 1. The third kappa shape index (κ3) is 1.45. The lowest BCUT2D eigenvalue weighted by atomic mass is 10.1. The van der Waals surface area contributed by atoms with Gasteiger partial charge in [-0.2, -0.15) is 0 Å². The van der Waals surface area contributed by atoms with Crippen molar-refractivity contribution in [2.24, 2.45) is 0 Å². The first-order chi connectivity index (χ1) is 6.74. The van der Waals surface area contributed by atoms with Crippen LogP contribution in [0.15, 0.2) is 31.0 Å². The highest BCUT2D eigenvalue weighted by molar-refractivity contribution is 14.1. The van der Waals surface area contributed by atoms with Crippen LogP contribution in [0.25, 0.3) is 10.9 Å². The largest absolute Gasteiger partial charge is 0.361 e. The summed E-state index contributed by atoms with van der Waals surface area (Å²) < 4.78 is 14.4. The molecule has 1 heterocycles. The maximum Gasteiger partial charge on any atom is 0.146 e. The van der Waals surface area contributed by atoms with E-state index in [0.717, 1.165) is 11.1 Å². The summed E-state index contributed by atoms with van der Waals surface area (Å²) in [6, 6.07) is 3.67. The molecule has 0 aliphatic carbocycles. The normalized spacial score (nSPS) is 10.7. The van der Waals surface area contributed by atoms with Gasteiger partial charge in [0.25, 0.3) is 0 Å². The predicted molar refractivity (Wildman–Crippen MR) is 64.9 cm³/mol. The van der Waals surface area contributed by atoms with E-state index in [-0.39, 0.29) is 5.82 Å². The van der Waals surface area contributed by atoms with Crippen molar-refractivity contribution in [2.45, 2.75) is 6.42 Å². The van der Waals surface area contributed by atoms with Crippen molar-refractivity contribution in [3.05, 3.63) is 45.9 Å². The van der Waals surface area contributed by atoms with Crippen LogP contribution in [0.4, 0.5) is 4.39 Å². The molecule has 0 saturated heterocycles. The Kier molecular flexibility index (Phi) is 2.58. The third-order valence-corrected chi connectivity index (χ3v) is 3.02. The fraction of sp³-hybridized carbons (Fsp3) is 0.0909. The zero-order chi connectivity index (χ0) is 10.1. The number of halogens is 2. The fourth-order valence-corrected chi connectivity index (χ4v) is 1.99. The van der Waals surface area contributed by atoms with Crippen molar-refractivity contribution in [1.29, 1.82) is 0 Å². The minimum absolute atomic E-state index is 0.138. The summed E-state index contributed by atoms with van der Waals surface area (Å²) in [5, 5.41) is 0.691. The second-order valence-corrected chi connectivity index (χ2v) is 4.25. The van der Waals surface area contributed by atoms with Crippen molar-refractivity contribution in [3.63, 3.8) is 0 Å². The number of H-pyrrole nitrogens is 1. The molecule has 0 atom stereocenters. The molecular weight excluding hydrogens is 292 g/mol. The van der Waals surface area contributed by atoms with E-state index in [1.54, 1.807) is 12.1 Å². The first-order valence-electron chi connectivity index (χ1n) is 4.29. The van der Waals surface area contributed by atoms with Crippen LogP contribution in [0.3, 0.4) is 0 Å². The molecule has 1 aromatic heterocycles. The number of hydrogen-bond donors (Lipinski definition) is 1. The zero-order valence-electron chi connectivity index (χ0n) is 7.48. The van der Waals surface area contributed by atoms with E-state index in [1.165, 1.54) is 0 Å². The second-order valence-electron chi connectivity index (χ2n) is 3.09. The average Bonchev–Trinajstić information content (AvgIpc) is 2.57. The van der Waals surface area contributed by atoms with E-state index >= 15 is 0 Å². The molecule has 72 valence electrons. The predicted octanol–water partition coefficient (Wildman–Crippen LogP) is 3.64. The Bertz CT molecular complexity index is 487. The first kappa shape index (κ1) is 9.71. The molecule has 0 amide bonds. The van der Waals surface area contributed by atoms with Crippen LogP contribution in [-0.2, 0) is 6.42 Å². The third-order valence-electron chi connectivity index (χ3n) is 2.18. The molecule has 0 aliphatic heterocycles. The Morgan fingerprint density at radius 3 is 3.00 bits per heavy atom. The summed E-state index contributed by atoms with van der Waals surface area (Å²) in [4.78, 5) is 3.05. The maximum absolute atomic E-state index is 13.8. The number of rotatable bonds is 2. The highest BCUT2D eigenvalue weighted by Crippen LogP contribution is 2.25. The van der Waals surface area contributed by atoms with Crippen LogP contribution in [0.5, 0.6) is 0 Å². The summed E-state index contributed by atoms with van der Waals surface area (Å²) in [6.07, 6.45) is 4.31. The van der Waals surface area contributed by atoms with Gasteiger partial charge in [0.15, 0.2) is 0 Å². The highest BCUT2D eigenvalue weighted by atomic mass is 127. The van der Waals surface area contributed by atoms with Crippen molar-refractivity contribution >= 4 is 33.5 Å². The van der Waals surface area contributed by atoms with Crippen LogP contribution < -0.4 is 0 Å². The van der Waals surface area contributed by atoms with Crippen LogP contribution in [0, 0.1) is 9.39 Å². The van der Waals surface area contributed by atoms with Crippen molar-refractivity contribution in [1.82, 2.24) is 4.98 Å². The Morgan fingerprint density at radius 2 is 2.29 bits per heavy atom. The summed E-state index contributed by atoms with van der Waals surface area (Å²) in [6.45, 7) is 3.66. The van der Waals surface area contributed by atoms with Crippen molar-refractivity contribution in [3.8, 4) is 0 Å². The van der Waals surface area contributed by atoms with E-state index in [2.05, 4.69) is 11.6 Å². The van der Waals surface area contributed by atoms with Gasteiger partial charge in [-0.1, -0.05) is 6.08 Å². The summed E-state index contributed by atoms with van der Waals surface area (Å²) in [7, 11) is 0. The van der Waals surface area contributed by atoms with E-state index in [0.29, 0.717) is 15.4 Å². The molecule has 0 aliphatic rings. The molecule has 0 radical (unpaired) electrons. The van der Waals surface area contributed by atoms with Crippen LogP contribution >= 0.6 is 22.6 Å². The molecule has 14 heavy (non-hydrogen) atoms. The molecule has 1 nitrogen and oxygen atoms in total. The Hall–Kier alpha value is -0.840. The van der Waals surface area contributed by atoms with Crippen molar-refractivity contribution < 1.29 is 4.39 Å². The zero-order valence-corrected chi connectivity index (χ0v) is 9.64. The summed E-state index contributed by atoms with van der Waals surface area (Å²) in [5.74, 6) is -0.138. The van der Waals surface area contributed by atoms with Gasteiger partial charge in [-0.05, 0) is 46.7 Å². The summed E-state index contributed by atoms with van der Waals surface area (Å²) in [5.41, 5.74) is 1.81. The lowest BCUT2D eigenvalue weighted by molar-refractivity contribution is 0.632. The van der Waals surface area contributed by atoms with Gasteiger partial charge in [0, 0.05) is 20.7 Å². The molecule has 0 saturated carbocycles. The monoisotopic (exact) mass is 301 g/mol. The van der Waals surface area contributed by atoms with Gasteiger partial charge in [-0.3, -0.25) is 0 Å². The topological polar surface area (TPSA) is 15.8 Å². The smallest absolute Gasteiger partial charge is 0.146 e. The second kappa shape index (κ2) is 3.73. The van der Waals surface area contributed by atoms with E-state index < -0.39 is 0 Å². The molecule has 1 N–H and O–H groups in total. The van der Waals surface area contributed by atoms with Gasteiger partial charge in [0.1, 0.15) is 5.82 Å². The van der Waals surface area contributed by atoms with Gasteiger partial charge < -0.3 is 4.98 Å². The van der Waals surface area contributed by atoms with E-state index in [4.69, 9.17) is 0 Å². The molecular formula is C11H9FIN. The minimum atomic E-state index is -0.138. The fourth-order valence-electron chi connectivity index (χ4n) is 1.54. The lowest BCUT2D eigenvalue weighted by Crippen LogP contribution is -1.85. The van der Waals surface area contributed by atoms with Gasteiger partial charge >= 0.3 is 0 Å².